The lowest BCUT2D eigenvalue weighted by Gasteiger charge is -2.19. The fourth-order valence-electron chi connectivity index (χ4n) is 2.10. The molecule has 0 aliphatic heterocycles. The summed E-state index contributed by atoms with van der Waals surface area (Å²) in [5.74, 6) is 5.34. The standard InChI is InChI=1S/C22H23NO4/c1-22(2,3)27-20(24)19-13-7-11-17(15-19)12-8-14-23-21(25)26-16-18-9-5-4-6-10-18/h4-7,9-11,13,15H,14,16H2,1-3H3,(H,23,25). The zero-order valence-electron chi connectivity index (χ0n) is 15.7. The zero-order valence-corrected chi connectivity index (χ0v) is 15.7. The van der Waals surface area contributed by atoms with Crippen LogP contribution in [0.3, 0.4) is 0 Å². The number of alkyl carbamates (subject to hydrolysis) is 1. The van der Waals surface area contributed by atoms with Crippen LogP contribution >= 0.6 is 0 Å². The number of esters is 1. The van der Waals surface area contributed by atoms with Crippen molar-refractivity contribution < 1.29 is 19.1 Å². The molecule has 5 nitrogen and oxygen atoms in total. The van der Waals surface area contributed by atoms with E-state index in [0.717, 1.165) is 5.56 Å². The maximum absolute atomic E-state index is 12.1. The number of carbonyl (C=O) groups is 2. The molecule has 1 N–H and O–H groups in total. The quantitative estimate of drug-likeness (QED) is 0.659. The Hall–Kier alpha value is -3.26. The van der Waals surface area contributed by atoms with Gasteiger partial charge in [0.15, 0.2) is 0 Å². The third-order valence-electron chi connectivity index (χ3n) is 3.26. The highest BCUT2D eigenvalue weighted by atomic mass is 16.6. The molecule has 2 rings (SSSR count). The molecule has 0 radical (unpaired) electrons. The van der Waals surface area contributed by atoms with Gasteiger partial charge in [0, 0.05) is 5.56 Å². The van der Waals surface area contributed by atoms with Gasteiger partial charge in [0.2, 0.25) is 0 Å². The lowest BCUT2D eigenvalue weighted by molar-refractivity contribution is 0.00694. The van der Waals surface area contributed by atoms with Crippen LogP contribution in [-0.2, 0) is 16.1 Å². The second-order valence-electron chi connectivity index (χ2n) is 6.80. The van der Waals surface area contributed by atoms with Crippen molar-refractivity contribution in [2.24, 2.45) is 0 Å². The average molecular weight is 365 g/mol. The van der Waals surface area contributed by atoms with Crippen molar-refractivity contribution in [1.82, 2.24) is 5.32 Å². The molecule has 0 heterocycles. The van der Waals surface area contributed by atoms with E-state index in [-0.39, 0.29) is 13.2 Å². The average Bonchev–Trinajstić information content (AvgIpc) is 2.63. The van der Waals surface area contributed by atoms with E-state index in [1.54, 1.807) is 24.3 Å². The van der Waals surface area contributed by atoms with Crippen molar-refractivity contribution in [3.8, 4) is 11.8 Å². The molecular formula is C22H23NO4. The summed E-state index contributed by atoms with van der Waals surface area (Å²) in [6.07, 6.45) is -0.532. The fourth-order valence-corrected chi connectivity index (χ4v) is 2.10. The maximum Gasteiger partial charge on any atom is 0.408 e. The van der Waals surface area contributed by atoms with Gasteiger partial charge in [0.25, 0.3) is 0 Å². The van der Waals surface area contributed by atoms with Gasteiger partial charge in [0.1, 0.15) is 12.2 Å². The Morgan fingerprint density at radius 2 is 1.78 bits per heavy atom. The second-order valence-corrected chi connectivity index (χ2v) is 6.80. The highest BCUT2D eigenvalue weighted by molar-refractivity contribution is 5.90. The minimum absolute atomic E-state index is 0.143. The van der Waals surface area contributed by atoms with Gasteiger partial charge in [-0.25, -0.2) is 9.59 Å². The molecule has 5 heteroatoms. The number of hydrogen-bond donors (Lipinski definition) is 1. The summed E-state index contributed by atoms with van der Waals surface area (Å²) >= 11 is 0. The molecule has 0 atom stereocenters. The van der Waals surface area contributed by atoms with Gasteiger partial charge in [-0.2, -0.15) is 0 Å². The molecule has 0 spiro atoms. The molecule has 140 valence electrons. The predicted molar refractivity (Wildman–Crippen MR) is 103 cm³/mol. The van der Waals surface area contributed by atoms with E-state index in [1.165, 1.54) is 0 Å². The monoisotopic (exact) mass is 365 g/mol. The van der Waals surface area contributed by atoms with Crippen molar-refractivity contribution in [3.05, 3.63) is 71.3 Å². The molecule has 0 aliphatic carbocycles. The van der Waals surface area contributed by atoms with Crippen LogP contribution in [0, 0.1) is 11.8 Å². The molecule has 0 unspecified atom stereocenters. The summed E-state index contributed by atoms with van der Waals surface area (Å²) < 4.78 is 10.4. The maximum atomic E-state index is 12.1. The molecule has 2 aromatic rings. The number of hydrogen-bond acceptors (Lipinski definition) is 4. The van der Waals surface area contributed by atoms with Gasteiger partial charge in [-0.3, -0.25) is 0 Å². The van der Waals surface area contributed by atoms with Crippen LogP contribution in [-0.4, -0.2) is 24.2 Å². The van der Waals surface area contributed by atoms with E-state index in [2.05, 4.69) is 17.2 Å². The summed E-state index contributed by atoms with van der Waals surface area (Å²) in [7, 11) is 0. The zero-order chi connectivity index (χ0) is 19.7. The van der Waals surface area contributed by atoms with Crippen LogP contribution in [0.15, 0.2) is 54.6 Å². The Labute approximate surface area is 159 Å². The first kappa shape index (κ1) is 20.1. The van der Waals surface area contributed by atoms with Gasteiger partial charge in [-0.1, -0.05) is 48.2 Å². The van der Waals surface area contributed by atoms with Gasteiger partial charge < -0.3 is 14.8 Å². The van der Waals surface area contributed by atoms with E-state index in [0.29, 0.717) is 11.1 Å². The number of rotatable bonds is 4. The van der Waals surface area contributed by atoms with Crippen molar-refractivity contribution >= 4 is 12.1 Å². The lowest BCUT2D eigenvalue weighted by Crippen LogP contribution is -2.24. The summed E-state index contributed by atoms with van der Waals surface area (Å²) in [4.78, 5) is 23.7. The first-order valence-corrected chi connectivity index (χ1v) is 8.60. The summed E-state index contributed by atoms with van der Waals surface area (Å²) in [5, 5.41) is 2.57. The highest BCUT2D eigenvalue weighted by Gasteiger charge is 2.17. The molecule has 2 aromatic carbocycles. The molecule has 0 bridgehead atoms. The highest BCUT2D eigenvalue weighted by Crippen LogP contribution is 2.13. The minimum atomic E-state index is -0.553. The lowest BCUT2D eigenvalue weighted by atomic mass is 10.1. The van der Waals surface area contributed by atoms with Gasteiger partial charge >= 0.3 is 12.1 Å². The topological polar surface area (TPSA) is 64.6 Å². The molecular weight excluding hydrogens is 342 g/mol. The predicted octanol–water partition coefficient (Wildman–Crippen LogP) is 3.92. The molecule has 0 saturated heterocycles. The smallest absolute Gasteiger partial charge is 0.408 e. The summed E-state index contributed by atoms with van der Waals surface area (Å²) in [6.45, 7) is 5.80. The molecule has 0 aromatic heterocycles. The minimum Gasteiger partial charge on any atom is -0.456 e. The Kier molecular flexibility index (Phi) is 7.01. The van der Waals surface area contributed by atoms with E-state index >= 15 is 0 Å². The molecule has 1 amide bonds. The van der Waals surface area contributed by atoms with E-state index in [4.69, 9.17) is 9.47 Å². The number of ether oxygens (including phenoxy) is 2. The number of amides is 1. The van der Waals surface area contributed by atoms with E-state index < -0.39 is 17.7 Å². The number of carbonyl (C=O) groups excluding carboxylic acids is 2. The van der Waals surface area contributed by atoms with E-state index in [9.17, 15) is 9.59 Å². The first-order chi connectivity index (χ1) is 12.8. The van der Waals surface area contributed by atoms with Crippen LogP contribution in [0.4, 0.5) is 4.79 Å². The third kappa shape index (κ3) is 7.66. The second kappa shape index (κ2) is 9.44. The van der Waals surface area contributed by atoms with Gasteiger partial charge in [-0.15, -0.1) is 0 Å². The third-order valence-corrected chi connectivity index (χ3v) is 3.26. The summed E-state index contributed by atoms with van der Waals surface area (Å²) in [6, 6.07) is 16.3. The fraction of sp³-hybridized carbons (Fsp3) is 0.273. The molecule has 0 aliphatic rings. The molecule has 0 saturated carbocycles. The Bertz CT molecular complexity index is 842. The molecule has 27 heavy (non-hydrogen) atoms. The Morgan fingerprint density at radius 3 is 2.48 bits per heavy atom. The van der Waals surface area contributed by atoms with Crippen molar-refractivity contribution in [3.63, 3.8) is 0 Å². The van der Waals surface area contributed by atoms with Gasteiger partial charge in [-0.05, 0) is 44.5 Å². The van der Waals surface area contributed by atoms with Crippen LogP contribution < -0.4 is 5.32 Å². The first-order valence-electron chi connectivity index (χ1n) is 8.60. The SMILES string of the molecule is CC(C)(C)OC(=O)c1cccc(C#CCNC(=O)OCc2ccccc2)c1. The number of benzene rings is 2. The van der Waals surface area contributed by atoms with E-state index in [1.807, 2.05) is 51.1 Å². The van der Waals surface area contributed by atoms with Crippen molar-refractivity contribution in [2.45, 2.75) is 33.0 Å². The van der Waals surface area contributed by atoms with Crippen molar-refractivity contribution in [2.75, 3.05) is 6.54 Å². The van der Waals surface area contributed by atoms with Crippen molar-refractivity contribution in [1.29, 1.82) is 0 Å². The van der Waals surface area contributed by atoms with Crippen LogP contribution in [0.2, 0.25) is 0 Å². The molecule has 0 fully saturated rings. The Balaban J connectivity index is 1.82. The number of nitrogens with one attached hydrogen (secondary N) is 1. The van der Waals surface area contributed by atoms with Crippen LogP contribution in [0.1, 0.15) is 42.3 Å². The Morgan fingerprint density at radius 1 is 1.04 bits per heavy atom. The van der Waals surface area contributed by atoms with Gasteiger partial charge in [0.05, 0.1) is 12.1 Å². The largest absolute Gasteiger partial charge is 0.456 e. The van der Waals surface area contributed by atoms with Crippen LogP contribution in [0.5, 0.6) is 0 Å². The summed E-state index contributed by atoms with van der Waals surface area (Å²) in [5.41, 5.74) is 1.46. The normalized spacial score (nSPS) is 10.3. The van der Waals surface area contributed by atoms with Crippen LogP contribution in [0.25, 0.3) is 0 Å².